The van der Waals surface area contributed by atoms with Crippen LogP contribution in [0.2, 0.25) is 0 Å². The fraction of sp³-hybridized carbons (Fsp3) is 0.360. The Kier molecular flexibility index (Phi) is 6.49. The van der Waals surface area contributed by atoms with Gasteiger partial charge in [-0.1, -0.05) is 42.5 Å². The lowest BCUT2D eigenvalue weighted by molar-refractivity contribution is -0.904. The van der Waals surface area contributed by atoms with Crippen molar-refractivity contribution >= 4 is 5.91 Å². The normalized spacial score (nSPS) is 14.7. The van der Waals surface area contributed by atoms with Gasteiger partial charge in [0.25, 0.3) is 5.91 Å². The zero-order valence-electron chi connectivity index (χ0n) is 18.3. The molecule has 0 spiro atoms. The fourth-order valence-electron chi connectivity index (χ4n) is 4.14. The second kappa shape index (κ2) is 9.45. The first-order chi connectivity index (χ1) is 15.0. The van der Waals surface area contributed by atoms with E-state index in [9.17, 15) is 9.90 Å². The summed E-state index contributed by atoms with van der Waals surface area (Å²) in [6.45, 7) is 8.86. The smallest absolute Gasteiger partial charge is 0.258 e. The number of hydrogen-bond acceptors (Lipinski definition) is 3. The number of quaternary nitrogens is 1. The van der Waals surface area contributed by atoms with E-state index < -0.39 is 0 Å². The Morgan fingerprint density at radius 1 is 1.06 bits per heavy atom. The van der Waals surface area contributed by atoms with Gasteiger partial charge in [0.1, 0.15) is 12.2 Å². The van der Waals surface area contributed by atoms with E-state index in [0.29, 0.717) is 25.2 Å². The summed E-state index contributed by atoms with van der Waals surface area (Å²) in [5.41, 5.74) is 5.94. The van der Waals surface area contributed by atoms with E-state index in [-0.39, 0.29) is 12.5 Å². The maximum absolute atomic E-state index is 13.5. The van der Waals surface area contributed by atoms with Crippen LogP contribution >= 0.6 is 0 Å². The Hall–Kier alpha value is -2.96. The highest BCUT2D eigenvalue weighted by atomic mass is 16.3. The maximum atomic E-state index is 13.5. The van der Waals surface area contributed by atoms with Crippen molar-refractivity contribution in [3.05, 3.63) is 77.0 Å². The van der Waals surface area contributed by atoms with Crippen LogP contribution in [-0.2, 0) is 6.54 Å². The van der Waals surface area contributed by atoms with Gasteiger partial charge in [-0.15, -0.1) is 0 Å². The molecule has 2 N–H and O–H groups in total. The third-order valence-electron chi connectivity index (χ3n) is 6.18. The number of rotatable bonds is 6. The molecular formula is C25H31N4O2+. The second-order valence-corrected chi connectivity index (χ2v) is 8.39. The van der Waals surface area contributed by atoms with Crippen molar-refractivity contribution in [1.82, 2.24) is 14.7 Å². The van der Waals surface area contributed by atoms with Crippen molar-refractivity contribution in [1.29, 1.82) is 0 Å². The lowest BCUT2D eigenvalue weighted by Gasteiger charge is -2.31. The van der Waals surface area contributed by atoms with Gasteiger partial charge in [-0.25, -0.2) is 0 Å². The number of piperazine rings is 1. The van der Waals surface area contributed by atoms with Gasteiger partial charge in [0.2, 0.25) is 0 Å². The number of nitrogens with one attached hydrogen (secondary N) is 1. The third kappa shape index (κ3) is 4.86. The molecule has 162 valence electrons. The molecule has 0 radical (unpaired) electrons. The minimum Gasteiger partial charge on any atom is -0.391 e. The molecule has 1 aliphatic heterocycles. The predicted octanol–water partition coefficient (Wildman–Crippen LogP) is 1.55. The number of nitrogens with zero attached hydrogens (tertiary/aromatic N) is 3. The minimum absolute atomic E-state index is 0.0376. The van der Waals surface area contributed by atoms with E-state index in [2.05, 4.69) is 44.2 Å². The molecule has 1 fully saturated rings. The molecule has 1 aromatic heterocycles. The molecule has 6 heteroatoms. The van der Waals surface area contributed by atoms with Gasteiger partial charge >= 0.3 is 0 Å². The maximum Gasteiger partial charge on any atom is 0.258 e. The Morgan fingerprint density at radius 3 is 2.48 bits per heavy atom. The van der Waals surface area contributed by atoms with Crippen LogP contribution in [0.4, 0.5) is 0 Å². The van der Waals surface area contributed by atoms with Gasteiger partial charge in [0, 0.05) is 11.8 Å². The molecule has 0 bridgehead atoms. The first kappa shape index (κ1) is 21.3. The molecular weight excluding hydrogens is 388 g/mol. The molecule has 2 heterocycles. The number of aryl methyl sites for hydroxylation is 2. The molecule has 4 rings (SSSR count). The molecule has 2 aromatic carbocycles. The van der Waals surface area contributed by atoms with Crippen molar-refractivity contribution in [3.63, 3.8) is 0 Å². The Bertz CT molecular complexity index is 1040. The fourth-order valence-corrected chi connectivity index (χ4v) is 4.14. The predicted molar refractivity (Wildman–Crippen MR) is 121 cm³/mol. The number of aromatic nitrogens is 2. The molecule has 0 saturated carbocycles. The van der Waals surface area contributed by atoms with Gasteiger partial charge in [0.05, 0.1) is 44.9 Å². The molecule has 31 heavy (non-hydrogen) atoms. The van der Waals surface area contributed by atoms with Crippen LogP contribution in [0.3, 0.4) is 0 Å². The van der Waals surface area contributed by atoms with Crippen LogP contribution in [0.1, 0.15) is 27.0 Å². The molecule has 1 aliphatic rings. The minimum atomic E-state index is 0.0376. The zero-order chi connectivity index (χ0) is 21.8. The summed E-state index contributed by atoms with van der Waals surface area (Å²) >= 11 is 0. The highest BCUT2D eigenvalue weighted by molar-refractivity contribution is 6.00. The number of aliphatic hydroxyl groups is 1. The summed E-state index contributed by atoms with van der Waals surface area (Å²) < 4.78 is 1.88. The van der Waals surface area contributed by atoms with E-state index in [1.54, 1.807) is 0 Å². The molecule has 0 atom stereocenters. The number of carbonyl (C=O) groups is 1. The number of amides is 1. The quantitative estimate of drug-likeness (QED) is 0.637. The van der Waals surface area contributed by atoms with Crippen molar-refractivity contribution < 1.29 is 14.8 Å². The summed E-state index contributed by atoms with van der Waals surface area (Å²) in [6, 6.07) is 16.4. The Morgan fingerprint density at radius 2 is 1.81 bits per heavy atom. The molecule has 3 aromatic rings. The molecule has 6 nitrogen and oxygen atoms in total. The van der Waals surface area contributed by atoms with Gasteiger partial charge in [-0.05, 0) is 36.6 Å². The number of carbonyl (C=O) groups excluding carboxylic acids is 1. The lowest BCUT2D eigenvalue weighted by atomic mass is 10.0. The first-order valence-corrected chi connectivity index (χ1v) is 11.0. The summed E-state index contributed by atoms with van der Waals surface area (Å²) in [7, 11) is 0. The third-order valence-corrected chi connectivity index (χ3v) is 6.18. The lowest BCUT2D eigenvalue weighted by Crippen LogP contribution is -3.15. The van der Waals surface area contributed by atoms with Crippen LogP contribution in [0, 0.1) is 13.8 Å². The average molecular weight is 420 g/mol. The summed E-state index contributed by atoms with van der Waals surface area (Å²) in [6.07, 6.45) is 1.90. The highest BCUT2D eigenvalue weighted by Gasteiger charge is 2.28. The summed E-state index contributed by atoms with van der Waals surface area (Å²) in [5, 5.41) is 14.0. The number of hydrogen-bond donors (Lipinski definition) is 2. The van der Waals surface area contributed by atoms with Crippen LogP contribution in [0.15, 0.2) is 54.7 Å². The molecule has 0 aliphatic carbocycles. The van der Waals surface area contributed by atoms with E-state index in [1.807, 2.05) is 34.0 Å². The van der Waals surface area contributed by atoms with Crippen LogP contribution < -0.4 is 4.90 Å². The van der Waals surface area contributed by atoms with Crippen molar-refractivity contribution in [2.75, 3.05) is 39.3 Å². The molecule has 0 unspecified atom stereocenters. The van der Waals surface area contributed by atoms with E-state index in [1.165, 1.54) is 16.0 Å². The standard InChI is InChI=1S/C25H30N4O2/c1-19-8-9-22(16-20(19)2)24-23(18-29(26-24)17-21-6-4-3-5-7-21)25(31)28-12-10-27(11-13-28)14-15-30/h3-9,16,18,30H,10-15,17H2,1-2H3/p+1. The van der Waals surface area contributed by atoms with Crippen LogP contribution in [0.5, 0.6) is 0 Å². The molecule has 1 amide bonds. The van der Waals surface area contributed by atoms with E-state index in [4.69, 9.17) is 5.10 Å². The number of benzene rings is 2. The largest absolute Gasteiger partial charge is 0.391 e. The van der Waals surface area contributed by atoms with Crippen LogP contribution in [-0.4, -0.2) is 65.0 Å². The van der Waals surface area contributed by atoms with Gasteiger partial charge in [-0.3, -0.25) is 9.48 Å². The monoisotopic (exact) mass is 419 g/mol. The van der Waals surface area contributed by atoms with Gasteiger partial charge < -0.3 is 14.9 Å². The summed E-state index contributed by atoms with van der Waals surface area (Å²) in [5.74, 6) is 0.0376. The Balaban J connectivity index is 1.64. The Labute approximate surface area is 183 Å². The second-order valence-electron chi connectivity index (χ2n) is 8.39. The van der Waals surface area contributed by atoms with Gasteiger partial charge in [-0.2, -0.15) is 5.10 Å². The van der Waals surface area contributed by atoms with E-state index >= 15 is 0 Å². The molecule has 1 saturated heterocycles. The number of aliphatic hydroxyl groups excluding tert-OH is 1. The summed E-state index contributed by atoms with van der Waals surface area (Å²) in [4.78, 5) is 16.8. The zero-order valence-corrected chi connectivity index (χ0v) is 18.3. The topological polar surface area (TPSA) is 62.8 Å². The van der Waals surface area contributed by atoms with E-state index in [0.717, 1.165) is 36.5 Å². The van der Waals surface area contributed by atoms with Crippen molar-refractivity contribution in [2.24, 2.45) is 0 Å². The average Bonchev–Trinajstić information content (AvgIpc) is 3.20. The van der Waals surface area contributed by atoms with Gasteiger partial charge in [0.15, 0.2) is 0 Å². The van der Waals surface area contributed by atoms with Crippen LogP contribution in [0.25, 0.3) is 11.3 Å². The first-order valence-electron chi connectivity index (χ1n) is 11.0. The SMILES string of the molecule is Cc1ccc(-c2nn(Cc3ccccc3)cc2C(=O)N2CC[NH+](CCO)CC2)cc1C. The van der Waals surface area contributed by atoms with Crippen molar-refractivity contribution in [3.8, 4) is 11.3 Å². The highest BCUT2D eigenvalue weighted by Crippen LogP contribution is 2.26. The van der Waals surface area contributed by atoms with Crippen molar-refractivity contribution in [2.45, 2.75) is 20.4 Å².